The Kier molecular flexibility index (Phi) is 6.25. The van der Waals surface area contributed by atoms with Gasteiger partial charge >= 0.3 is 0 Å². The molecule has 3 nitrogen and oxygen atoms in total. The standard InChI is InChI=1S/C13H19FN2O/c1-2-8-16-13(17)10-15-9-7-11-3-5-12(14)6-4-11/h3-6,15H,2,7-10H2,1H3,(H,16,17). The predicted molar refractivity (Wildman–Crippen MR) is 66.3 cm³/mol. The lowest BCUT2D eigenvalue weighted by Gasteiger charge is -2.05. The summed E-state index contributed by atoms with van der Waals surface area (Å²) in [5, 5.41) is 5.84. The molecule has 0 aromatic heterocycles. The molecule has 1 aromatic carbocycles. The average molecular weight is 238 g/mol. The highest BCUT2D eigenvalue weighted by atomic mass is 19.1. The second-order valence-corrected chi connectivity index (χ2v) is 3.90. The smallest absolute Gasteiger partial charge is 0.233 e. The van der Waals surface area contributed by atoms with E-state index >= 15 is 0 Å². The summed E-state index contributed by atoms with van der Waals surface area (Å²) in [5.74, 6) is -0.202. The van der Waals surface area contributed by atoms with Gasteiger partial charge < -0.3 is 10.6 Å². The molecule has 94 valence electrons. The first kappa shape index (κ1) is 13.6. The van der Waals surface area contributed by atoms with Crippen LogP contribution in [0.25, 0.3) is 0 Å². The molecule has 0 atom stereocenters. The minimum Gasteiger partial charge on any atom is -0.355 e. The molecule has 17 heavy (non-hydrogen) atoms. The second kappa shape index (κ2) is 7.79. The summed E-state index contributed by atoms with van der Waals surface area (Å²) in [4.78, 5) is 11.2. The van der Waals surface area contributed by atoms with Crippen LogP contribution in [0.1, 0.15) is 18.9 Å². The van der Waals surface area contributed by atoms with Gasteiger partial charge in [0.15, 0.2) is 0 Å². The summed E-state index contributed by atoms with van der Waals surface area (Å²) < 4.78 is 12.6. The number of hydrogen-bond acceptors (Lipinski definition) is 2. The first-order valence-electron chi connectivity index (χ1n) is 5.94. The van der Waals surface area contributed by atoms with E-state index in [1.807, 2.05) is 6.92 Å². The number of benzene rings is 1. The first-order valence-corrected chi connectivity index (χ1v) is 5.94. The molecule has 0 saturated heterocycles. The molecule has 4 heteroatoms. The fourth-order valence-electron chi connectivity index (χ4n) is 1.41. The SMILES string of the molecule is CCCNC(=O)CNCCc1ccc(F)cc1. The minimum atomic E-state index is -0.222. The number of carbonyl (C=O) groups excluding carboxylic acids is 1. The lowest BCUT2D eigenvalue weighted by Crippen LogP contribution is -2.35. The van der Waals surface area contributed by atoms with Gasteiger partial charge in [0.25, 0.3) is 0 Å². The number of amides is 1. The van der Waals surface area contributed by atoms with Crippen molar-refractivity contribution >= 4 is 5.91 Å². The Balaban J connectivity index is 2.11. The molecule has 0 aliphatic carbocycles. The van der Waals surface area contributed by atoms with Gasteiger partial charge in [-0.25, -0.2) is 4.39 Å². The Bertz CT molecular complexity index is 338. The van der Waals surface area contributed by atoms with E-state index < -0.39 is 0 Å². The van der Waals surface area contributed by atoms with Gasteiger partial charge in [-0.3, -0.25) is 4.79 Å². The van der Waals surface area contributed by atoms with Crippen LogP contribution in [-0.4, -0.2) is 25.5 Å². The van der Waals surface area contributed by atoms with Crippen molar-refractivity contribution in [2.45, 2.75) is 19.8 Å². The molecular weight excluding hydrogens is 219 g/mol. The van der Waals surface area contributed by atoms with E-state index in [4.69, 9.17) is 0 Å². The summed E-state index contributed by atoms with van der Waals surface area (Å²) in [7, 11) is 0. The van der Waals surface area contributed by atoms with E-state index in [1.165, 1.54) is 12.1 Å². The molecule has 0 heterocycles. The van der Waals surface area contributed by atoms with Crippen LogP contribution in [0.4, 0.5) is 4.39 Å². The zero-order chi connectivity index (χ0) is 12.5. The fraction of sp³-hybridized carbons (Fsp3) is 0.462. The Labute approximate surface area is 101 Å². The molecule has 1 rings (SSSR count). The topological polar surface area (TPSA) is 41.1 Å². The van der Waals surface area contributed by atoms with E-state index in [0.717, 1.165) is 24.9 Å². The quantitative estimate of drug-likeness (QED) is 0.707. The highest BCUT2D eigenvalue weighted by Crippen LogP contribution is 2.02. The maximum atomic E-state index is 12.6. The van der Waals surface area contributed by atoms with Crippen LogP contribution in [0.2, 0.25) is 0 Å². The predicted octanol–water partition coefficient (Wildman–Crippen LogP) is 1.48. The molecule has 2 N–H and O–H groups in total. The number of halogens is 1. The van der Waals surface area contributed by atoms with Crippen molar-refractivity contribution in [3.63, 3.8) is 0 Å². The summed E-state index contributed by atoms with van der Waals surface area (Å²) in [6, 6.07) is 6.41. The normalized spacial score (nSPS) is 10.2. The van der Waals surface area contributed by atoms with Crippen LogP contribution in [0.3, 0.4) is 0 Å². The van der Waals surface area contributed by atoms with Crippen molar-refractivity contribution in [3.05, 3.63) is 35.6 Å². The summed E-state index contributed by atoms with van der Waals surface area (Å²) in [6.07, 6.45) is 1.74. The van der Waals surface area contributed by atoms with E-state index in [1.54, 1.807) is 12.1 Å². The van der Waals surface area contributed by atoms with Gasteiger partial charge in [-0.1, -0.05) is 19.1 Å². The van der Waals surface area contributed by atoms with Crippen LogP contribution in [0.5, 0.6) is 0 Å². The van der Waals surface area contributed by atoms with E-state index in [2.05, 4.69) is 10.6 Å². The highest BCUT2D eigenvalue weighted by molar-refractivity contribution is 5.77. The lowest BCUT2D eigenvalue weighted by atomic mass is 10.1. The van der Waals surface area contributed by atoms with Gasteiger partial charge in [-0.15, -0.1) is 0 Å². The van der Waals surface area contributed by atoms with Crippen molar-refractivity contribution in [1.82, 2.24) is 10.6 Å². The van der Waals surface area contributed by atoms with Gasteiger partial charge in [0.2, 0.25) is 5.91 Å². The zero-order valence-electron chi connectivity index (χ0n) is 10.1. The number of nitrogens with one attached hydrogen (secondary N) is 2. The third kappa shape index (κ3) is 6.02. The Hall–Kier alpha value is -1.42. The van der Waals surface area contributed by atoms with Crippen LogP contribution in [0.15, 0.2) is 24.3 Å². The van der Waals surface area contributed by atoms with Crippen LogP contribution in [0, 0.1) is 5.82 Å². The van der Waals surface area contributed by atoms with Gasteiger partial charge in [0.05, 0.1) is 6.54 Å². The van der Waals surface area contributed by atoms with E-state index in [9.17, 15) is 9.18 Å². The Morgan fingerprint density at radius 2 is 1.94 bits per heavy atom. The van der Waals surface area contributed by atoms with E-state index in [-0.39, 0.29) is 11.7 Å². The number of rotatable bonds is 7. The minimum absolute atomic E-state index is 0.0194. The van der Waals surface area contributed by atoms with Crippen LogP contribution >= 0.6 is 0 Å². The van der Waals surface area contributed by atoms with Crippen molar-refractivity contribution in [2.24, 2.45) is 0 Å². The molecule has 1 amide bonds. The average Bonchev–Trinajstić information content (AvgIpc) is 2.34. The molecular formula is C13H19FN2O. The van der Waals surface area contributed by atoms with Crippen molar-refractivity contribution in [1.29, 1.82) is 0 Å². The third-order valence-electron chi connectivity index (χ3n) is 2.36. The lowest BCUT2D eigenvalue weighted by molar-refractivity contribution is -0.120. The molecule has 0 unspecified atom stereocenters. The molecule has 0 aliphatic rings. The van der Waals surface area contributed by atoms with Crippen LogP contribution in [-0.2, 0) is 11.2 Å². The highest BCUT2D eigenvalue weighted by Gasteiger charge is 1.99. The Morgan fingerprint density at radius 3 is 2.59 bits per heavy atom. The summed E-state index contributed by atoms with van der Waals surface area (Å²) in [5.41, 5.74) is 1.06. The van der Waals surface area contributed by atoms with Crippen molar-refractivity contribution < 1.29 is 9.18 Å². The van der Waals surface area contributed by atoms with Gasteiger partial charge in [0.1, 0.15) is 5.82 Å². The third-order valence-corrected chi connectivity index (χ3v) is 2.36. The fourth-order valence-corrected chi connectivity index (χ4v) is 1.41. The van der Waals surface area contributed by atoms with Crippen molar-refractivity contribution in [3.8, 4) is 0 Å². The molecule has 0 saturated carbocycles. The van der Waals surface area contributed by atoms with Gasteiger partial charge in [0, 0.05) is 6.54 Å². The molecule has 0 aliphatic heterocycles. The van der Waals surface area contributed by atoms with E-state index in [0.29, 0.717) is 13.1 Å². The Morgan fingerprint density at radius 1 is 1.24 bits per heavy atom. The molecule has 1 aromatic rings. The number of carbonyl (C=O) groups is 1. The maximum Gasteiger partial charge on any atom is 0.233 e. The summed E-state index contributed by atoms with van der Waals surface area (Å²) >= 11 is 0. The summed E-state index contributed by atoms with van der Waals surface area (Å²) in [6.45, 7) is 3.78. The second-order valence-electron chi connectivity index (χ2n) is 3.90. The van der Waals surface area contributed by atoms with Gasteiger partial charge in [-0.2, -0.15) is 0 Å². The number of hydrogen-bond donors (Lipinski definition) is 2. The van der Waals surface area contributed by atoms with Gasteiger partial charge in [-0.05, 0) is 37.1 Å². The molecule has 0 fully saturated rings. The maximum absolute atomic E-state index is 12.6. The van der Waals surface area contributed by atoms with Crippen LogP contribution < -0.4 is 10.6 Å². The molecule has 0 bridgehead atoms. The largest absolute Gasteiger partial charge is 0.355 e. The van der Waals surface area contributed by atoms with Crippen molar-refractivity contribution in [2.75, 3.05) is 19.6 Å². The monoisotopic (exact) mass is 238 g/mol. The molecule has 0 spiro atoms. The first-order chi connectivity index (χ1) is 8.22. The molecule has 0 radical (unpaired) electrons. The zero-order valence-corrected chi connectivity index (χ0v) is 10.1.